The molecule has 37 heavy (non-hydrogen) atoms. The third kappa shape index (κ3) is 4.59. The molecular weight excluding hydrogens is 488 g/mol. The van der Waals surface area contributed by atoms with E-state index in [2.05, 4.69) is 4.72 Å². The summed E-state index contributed by atoms with van der Waals surface area (Å²) >= 11 is 0. The minimum atomic E-state index is -4.07. The van der Waals surface area contributed by atoms with Gasteiger partial charge in [-0.25, -0.2) is 13.1 Å². The molecule has 4 aromatic carbocycles. The predicted octanol–water partition coefficient (Wildman–Crippen LogP) is 4.67. The van der Waals surface area contributed by atoms with Crippen molar-refractivity contribution in [1.29, 1.82) is 0 Å². The first-order valence-electron chi connectivity index (χ1n) is 11.9. The van der Waals surface area contributed by atoms with Gasteiger partial charge in [-0.1, -0.05) is 54.6 Å². The van der Waals surface area contributed by atoms with E-state index in [-0.39, 0.29) is 10.8 Å². The average Bonchev–Trinajstić information content (AvgIpc) is 2.90. The van der Waals surface area contributed by atoms with Crippen molar-refractivity contribution in [3.63, 3.8) is 0 Å². The molecule has 7 nitrogen and oxygen atoms in total. The molecule has 5 rings (SSSR count). The van der Waals surface area contributed by atoms with Crippen LogP contribution in [0.25, 0.3) is 10.8 Å². The number of aliphatic hydroxyl groups is 1. The molecule has 0 aliphatic carbocycles. The van der Waals surface area contributed by atoms with Crippen molar-refractivity contribution in [3.8, 4) is 5.75 Å². The number of nitrogens with one attached hydrogen (secondary N) is 1. The van der Waals surface area contributed by atoms with E-state index in [4.69, 9.17) is 4.74 Å². The molecule has 8 heteroatoms. The number of para-hydroxylation sites is 1. The highest BCUT2D eigenvalue weighted by molar-refractivity contribution is 7.89. The molecular formula is C29H28N2O5S. The Labute approximate surface area is 216 Å². The number of aliphatic hydroxyl groups excluding tert-OH is 1. The lowest BCUT2D eigenvalue weighted by Gasteiger charge is -2.42. The Morgan fingerprint density at radius 1 is 0.946 bits per heavy atom. The smallest absolute Gasteiger partial charge is 0.258 e. The number of rotatable bonds is 5. The lowest BCUT2D eigenvalue weighted by atomic mass is 9.86. The summed E-state index contributed by atoms with van der Waals surface area (Å²) in [6.45, 7) is 3.39. The van der Waals surface area contributed by atoms with E-state index in [1.807, 2.05) is 48.5 Å². The van der Waals surface area contributed by atoms with Crippen LogP contribution in [-0.4, -0.2) is 38.2 Å². The summed E-state index contributed by atoms with van der Waals surface area (Å²) in [7, 11) is -2.39. The lowest BCUT2D eigenvalue weighted by Crippen LogP contribution is -2.53. The lowest BCUT2D eigenvalue weighted by molar-refractivity contribution is -0.0603. The maximum Gasteiger partial charge on any atom is 0.258 e. The number of sulfonamides is 1. The van der Waals surface area contributed by atoms with Crippen molar-refractivity contribution in [2.75, 3.05) is 11.9 Å². The van der Waals surface area contributed by atoms with Crippen molar-refractivity contribution in [2.45, 2.75) is 36.5 Å². The zero-order chi connectivity index (χ0) is 26.4. The molecule has 1 aliphatic heterocycles. The molecule has 0 fully saturated rings. The normalized spacial score (nSPS) is 18.6. The summed E-state index contributed by atoms with van der Waals surface area (Å²) in [5.41, 5.74) is 0.374. The molecule has 0 unspecified atom stereocenters. The van der Waals surface area contributed by atoms with Crippen LogP contribution < -0.4 is 14.4 Å². The van der Waals surface area contributed by atoms with Crippen LogP contribution >= 0.6 is 0 Å². The first kappa shape index (κ1) is 25.0. The largest absolute Gasteiger partial charge is 0.485 e. The Morgan fingerprint density at radius 3 is 2.38 bits per heavy atom. The summed E-state index contributed by atoms with van der Waals surface area (Å²) in [5.74, 6) is 0.129. The molecule has 2 atom stereocenters. The Balaban J connectivity index is 1.55. The van der Waals surface area contributed by atoms with Gasteiger partial charge in [-0.3, -0.25) is 4.79 Å². The van der Waals surface area contributed by atoms with Crippen molar-refractivity contribution in [1.82, 2.24) is 4.72 Å². The summed E-state index contributed by atoms with van der Waals surface area (Å²) < 4.78 is 36.0. The highest BCUT2D eigenvalue weighted by Gasteiger charge is 2.45. The standard InChI is InChI=1S/C29H28N2O5S/c1-29(2)27(32)26(30-37(34,35)25-15-9-11-19-10-7-8-14-22(19)25)23-18-20(16-17-24(23)36-29)28(33)31(3)21-12-5-4-6-13-21/h4-18,26-27,30,32H,1-3H3/t26-,27+/m1/s1. The van der Waals surface area contributed by atoms with E-state index in [1.54, 1.807) is 57.3 Å². The molecule has 1 aliphatic rings. The molecule has 4 aromatic rings. The molecule has 1 amide bonds. The zero-order valence-electron chi connectivity index (χ0n) is 20.8. The van der Waals surface area contributed by atoms with E-state index < -0.39 is 27.8 Å². The van der Waals surface area contributed by atoms with Gasteiger partial charge in [0.2, 0.25) is 10.0 Å². The van der Waals surface area contributed by atoms with Gasteiger partial charge in [0, 0.05) is 29.2 Å². The van der Waals surface area contributed by atoms with E-state index in [9.17, 15) is 18.3 Å². The number of hydrogen-bond donors (Lipinski definition) is 2. The van der Waals surface area contributed by atoms with Gasteiger partial charge in [0.15, 0.2) is 0 Å². The van der Waals surface area contributed by atoms with E-state index in [1.165, 1.54) is 11.0 Å². The molecule has 0 aromatic heterocycles. The molecule has 2 N–H and O–H groups in total. The van der Waals surface area contributed by atoms with Crippen molar-refractivity contribution in [3.05, 3.63) is 102 Å². The second-order valence-electron chi connectivity index (χ2n) is 9.68. The monoisotopic (exact) mass is 516 g/mol. The van der Waals surface area contributed by atoms with Gasteiger partial charge in [0.25, 0.3) is 5.91 Å². The van der Waals surface area contributed by atoms with E-state index in [0.29, 0.717) is 22.3 Å². The fourth-order valence-electron chi connectivity index (χ4n) is 4.68. The second kappa shape index (κ2) is 9.30. The molecule has 0 spiro atoms. The van der Waals surface area contributed by atoms with Crippen molar-refractivity contribution in [2.24, 2.45) is 0 Å². The number of hydrogen-bond acceptors (Lipinski definition) is 5. The van der Waals surface area contributed by atoms with Gasteiger partial charge in [-0.05, 0) is 55.6 Å². The SMILES string of the molecule is CN(C(=O)c1ccc2c(c1)[C@@H](NS(=O)(=O)c1cccc3ccccc13)[C@H](O)C(C)(C)O2)c1ccccc1. The minimum absolute atomic E-state index is 0.111. The number of fused-ring (bicyclic) bond motifs is 2. The second-order valence-corrected chi connectivity index (χ2v) is 11.4. The number of nitrogens with zero attached hydrogens (tertiary/aromatic N) is 1. The molecule has 190 valence electrons. The van der Waals surface area contributed by atoms with Crippen LogP contribution in [0.15, 0.2) is 95.9 Å². The van der Waals surface area contributed by atoms with Crippen molar-refractivity contribution >= 4 is 32.4 Å². The van der Waals surface area contributed by atoms with E-state index in [0.717, 1.165) is 11.1 Å². The topological polar surface area (TPSA) is 95.9 Å². The van der Waals surface area contributed by atoms with Gasteiger partial charge in [-0.15, -0.1) is 0 Å². The van der Waals surface area contributed by atoms with Crippen LogP contribution in [-0.2, 0) is 10.0 Å². The Bertz CT molecular complexity index is 1580. The van der Waals surface area contributed by atoms with Gasteiger partial charge < -0.3 is 14.7 Å². The fourth-order valence-corrected chi connectivity index (χ4v) is 6.13. The fraction of sp³-hybridized carbons (Fsp3) is 0.207. The number of carbonyl (C=O) groups is 1. The van der Waals surface area contributed by atoms with Crippen molar-refractivity contribution < 1.29 is 23.1 Å². The summed E-state index contributed by atoms with van der Waals surface area (Å²) in [6.07, 6.45) is -1.22. The maximum atomic E-state index is 13.7. The summed E-state index contributed by atoms with van der Waals surface area (Å²) in [5, 5.41) is 12.6. The zero-order valence-corrected chi connectivity index (χ0v) is 21.6. The first-order chi connectivity index (χ1) is 17.6. The Morgan fingerprint density at radius 2 is 1.62 bits per heavy atom. The first-order valence-corrected chi connectivity index (χ1v) is 13.4. The third-order valence-electron chi connectivity index (χ3n) is 6.76. The van der Waals surface area contributed by atoms with Gasteiger partial charge in [0.05, 0.1) is 10.9 Å². The van der Waals surface area contributed by atoms with E-state index >= 15 is 0 Å². The van der Waals surface area contributed by atoms with Crippen LogP contribution in [0.5, 0.6) is 5.75 Å². The quantitative estimate of drug-likeness (QED) is 0.402. The predicted molar refractivity (Wildman–Crippen MR) is 143 cm³/mol. The number of ether oxygens (including phenoxy) is 1. The maximum absolute atomic E-state index is 13.7. The highest BCUT2D eigenvalue weighted by atomic mass is 32.2. The van der Waals surface area contributed by atoms with Crippen LogP contribution in [0.2, 0.25) is 0 Å². The third-order valence-corrected chi connectivity index (χ3v) is 8.26. The number of anilines is 1. The Kier molecular flexibility index (Phi) is 6.27. The number of carbonyl (C=O) groups excluding carboxylic acids is 1. The average molecular weight is 517 g/mol. The van der Waals surface area contributed by atoms with Crippen LogP contribution in [0, 0.1) is 0 Å². The van der Waals surface area contributed by atoms with Crippen LogP contribution in [0.4, 0.5) is 5.69 Å². The number of amides is 1. The van der Waals surface area contributed by atoms with Crippen LogP contribution in [0.1, 0.15) is 35.8 Å². The van der Waals surface area contributed by atoms with Gasteiger partial charge in [-0.2, -0.15) is 0 Å². The highest BCUT2D eigenvalue weighted by Crippen LogP contribution is 2.41. The summed E-state index contributed by atoms with van der Waals surface area (Å²) in [4.78, 5) is 14.9. The molecule has 1 heterocycles. The summed E-state index contributed by atoms with van der Waals surface area (Å²) in [6, 6.07) is 25.3. The molecule has 0 radical (unpaired) electrons. The van der Waals surface area contributed by atoms with Crippen LogP contribution in [0.3, 0.4) is 0 Å². The Hall–Kier alpha value is -3.72. The number of benzene rings is 4. The minimum Gasteiger partial charge on any atom is -0.485 e. The molecule has 0 saturated carbocycles. The molecule has 0 bridgehead atoms. The van der Waals surface area contributed by atoms with Gasteiger partial charge >= 0.3 is 0 Å². The molecule has 0 saturated heterocycles. The van der Waals surface area contributed by atoms with Gasteiger partial charge in [0.1, 0.15) is 17.5 Å².